The molecule has 1 fully saturated rings. The van der Waals surface area contributed by atoms with E-state index in [1.807, 2.05) is 38.1 Å². The van der Waals surface area contributed by atoms with Crippen LogP contribution in [-0.2, 0) is 0 Å². The van der Waals surface area contributed by atoms with Crippen molar-refractivity contribution in [3.63, 3.8) is 0 Å². The first kappa shape index (κ1) is 22.5. The van der Waals surface area contributed by atoms with Gasteiger partial charge >= 0.3 is 0 Å². The highest BCUT2D eigenvalue weighted by atomic mass is 16.5. The van der Waals surface area contributed by atoms with Gasteiger partial charge in [0.15, 0.2) is 5.96 Å². The molecule has 1 aliphatic heterocycles. The van der Waals surface area contributed by atoms with E-state index in [-0.39, 0.29) is 6.10 Å². The normalized spacial score (nSPS) is 17.6. The van der Waals surface area contributed by atoms with Crippen LogP contribution in [0.15, 0.2) is 29.3 Å². The van der Waals surface area contributed by atoms with Gasteiger partial charge in [0, 0.05) is 13.1 Å². The molecule has 1 aromatic rings. The topological polar surface area (TPSA) is 69.1 Å². The standard InChI is InChI=1S/C22H38N4O2/c1-5-23-22(24-13-10-18-11-14-26(4)15-12-18)25-16-21(27)19-6-8-20(9-7-19)28-17(2)3/h6-9,17-18,21,27H,5,10-16H2,1-4H3,(H2,23,24,25). The number of aliphatic imine (C=N–C) groups is 1. The van der Waals surface area contributed by atoms with Crippen LogP contribution in [0.25, 0.3) is 0 Å². The van der Waals surface area contributed by atoms with E-state index in [0.29, 0.717) is 6.54 Å². The maximum Gasteiger partial charge on any atom is 0.191 e. The van der Waals surface area contributed by atoms with Crippen LogP contribution >= 0.6 is 0 Å². The Bertz CT molecular complexity index is 581. The van der Waals surface area contributed by atoms with Gasteiger partial charge in [0.2, 0.25) is 0 Å². The Labute approximate surface area is 170 Å². The quantitative estimate of drug-likeness (QED) is 0.447. The molecule has 28 heavy (non-hydrogen) atoms. The smallest absolute Gasteiger partial charge is 0.191 e. The van der Waals surface area contributed by atoms with Gasteiger partial charge in [-0.1, -0.05) is 12.1 Å². The fourth-order valence-electron chi connectivity index (χ4n) is 3.41. The summed E-state index contributed by atoms with van der Waals surface area (Å²) in [6, 6.07) is 7.59. The molecule has 0 amide bonds. The van der Waals surface area contributed by atoms with Crippen molar-refractivity contribution in [2.45, 2.75) is 52.2 Å². The molecule has 1 heterocycles. The predicted molar refractivity (Wildman–Crippen MR) is 116 cm³/mol. The number of rotatable bonds is 9. The van der Waals surface area contributed by atoms with Crippen molar-refractivity contribution in [2.24, 2.45) is 10.9 Å². The number of piperidine rings is 1. The fraction of sp³-hybridized carbons (Fsp3) is 0.682. The number of likely N-dealkylation sites (tertiary alicyclic amines) is 1. The van der Waals surface area contributed by atoms with Crippen LogP contribution in [0.2, 0.25) is 0 Å². The summed E-state index contributed by atoms with van der Waals surface area (Å²) in [7, 11) is 2.20. The average molecular weight is 391 g/mol. The van der Waals surface area contributed by atoms with Crippen molar-refractivity contribution in [1.82, 2.24) is 15.5 Å². The lowest BCUT2D eigenvalue weighted by molar-refractivity contribution is 0.186. The second-order valence-corrected chi connectivity index (χ2v) is 7.93. The zero-order valence-electron chi connectivity index (χ0n) is 17.9. The third kappa shape index (κ3) is 8.07. The van der Waals surface area contributed by atoms with E-state index >= 15 is 0 Å². The summed E-state index contributed by atoms with van der Waals surface area (Å²) in [6.45, 7) is 10.5. The summed E-state index contributed by atoms with van der Waals surface area (Å²) in [5.41, 5.74) is 0.849. The molecular formula is C22H38N4O2. The minimum Gasteiger partial charge on any atom is -0.491 e. The number of hydrogen-bond acceptors (Lipinski definition) is 4. The summed E-state index contributed by atoms with van der Waals surface area (Å²) in [4.78, 5) is 6.96. The van der Waals surface area contributed by atoms with Crippen molar-refractivity contribution in [1.29, 1.82) is 0 Å². The Morgan fingerprint density at radius 3 is 2.50 bits per heavy atom. The summed E-state index contributed by atoms with van der Waals surface area (Å²) in [6.07, 6.45) is 3.24. The summed E-state index contributed by atoms with van der Waals surface area (Å²) < 4.78 is 5.65. The van der Waals surface area contributed by atoms with Gasteiger partial charge in [-0.2, -0.15) is 0 Å². The number of ether oxygens (including phenoxy) is 1. The van der Waals surface area contributed by atoms with E-state index in [1.54, 1.807) is 0 Å². The van der Waals surface area contributed by atoms with Gasteiger partial charge in [-0.15, -0.1) is 0 Å². The van der Waals surface area contributed by atoms with Crippen molar-refractivity contribution < 1.29 is 9.84 Å². The number of hydrogen-bond donors (Lipinski definition) is 3. The lowest BCUT2D eigenvalue weighted by Gasteiger charge is -2.29. The minimum absolute atomic E-state index is 0.142. The predicted octanol–water partition coefficient (Wildman–Crippen LogP) is 2.79. The Hall–Kier alpha value is -1.79. The van der Waals surface area contributed by atoms with Gasteiger partial charge < -0.3 is 25.4 Å². The Morgan fingerprint density at radius 1 is 1.21 bits per heavy atom. The monoisotopic (exact) mass is 390 g/mol. The molecule has 6 nitrogen and oxygen atoms in total. The third-order valence-electron chi connectivity index (χ3n) is 5.09. The van der Waals surface area contributed by atoms with Crippen LogP contribution in [0.1, 0.15) is 51.7 Å². The summed E-state index contributed by atoms with van der Waals surface area (Å²) in [5, 5.41) is 17.1. The van der Waals surface area contributed by atoms with Gasteiger partial charge in [0.25, 0.3) is 0 Å². The second-order valence-electron chi connectivity index (χ2n) is 7.93. The Kier molecular flexibility index (Phi) is 9.58. The molecular weight excluding hydrogens is 352 g/mol. The van der Waals surface area contributed by atoms with E-state index < -0.39 is 6.10 Å². The zero-order valence-corrected chi connectivity index (χ0v) is 17.9. The van der Waals surface area contributed by atoms with Crippen LogP contribution in [-0.4, -0.2) is 61.8 Å². The first-order valence-electron chi connectivity index (χ1n) is 10.6. The maximum atomic E-state index is 10.5. The number of guanidine groups is 1. The summed E-state index contributed by atoms with van der Waals surface area (Å²) in [5.74, 6) is 2.39. The van der Waals surface area contributed by atoms with E-state index in [9.17, 15) is 5.11 Å². The molecule has 0 aliphatic carbocycles. The molecule has 1 aromatic carbocycles. The molecule has 158 valence electrons. The Balaban J connectivity index is 1.80. The van der Waals surface area contributed by atoms with Crippen LogP contribution in [0.4, 0.5) is 0 Å². The highest BCUT2D eigenvalue weighted by molar-refractivity contribution is 5.79. The van der Waals surface area contributed by atoms with Crippen LogP contribution in [0.3, 0.4) is 0 Å². The third-order valence-corrected chi connectivity index (χ3v) is 5.09. The van der Waals surface area contributed by atoms with E-state index in [2.05, 4.69) is 34.5 Å². The van der Waals surface area contributed by atoms with E-state index in [4.69, 9.17) is 4.74 Å². The number of benzene rings is 1. The van der Waals surface area contributed by atoms with Gasteiger partial charge in [0.1, 0.15) is 5.75 Å². The van der Waals surface area contributed by atoms with Gasteiger partial charge in [-0.05, 0) is 83.8 Å². The zero-order chi connectivity index (χ0) is 20.4. The van der Waals surface area contributed by atoms with Crippen molar-refractivity contribution in [3.8, 4) is 5.75 Å². The molecule has 3 N–H and O–H groups in total. The number of aliphatic hydroxyl groups is 1. The lowest BCUT2D eigenvalue weighted by Crippen LogP contribution is -2.39. The minimum atomic E-state index is -0.627. The molecule has 1 atom stereocenters. The fourth-order valence-corrected chi connectivity index (χ4v) is 3.41. The van der Waals surface area contributed by atoms with Crippen molar-refractivity contribution in [2.75, 3.05) is 39.8 Å². The largest absolute Gasteiger partial charge is 0.491 e. The average Bonchev–Trinajstić information content (AvgIpc) is 2.67. The molecule has 0 bridgehead atoms. The molecule has 6 heteroatoms. The molecule has 0 spiro atoms. The van der Waals surface area contributed by atoms with Crippen LogP contribution < -0.4 is 15.4 Å². The van der Waals surface area contributed by atoms with Crippen molar-refractivity contribution in [3.05, 3.63) is 29.8 Å². The highest BCUT2D eigenvalue weighted by Crippen LogP contribution is 2.20. The summed E-state index contributed by atoms with van der Waals surface area (Å²) >= 11 is 0. The van der Waals surface area contributed by atoms with Gasteiger partial charge in [0.05, 0.1) is 18.8 Å². The molecule has 1 unspecified atom stereocenters. The molecule has 0 radical (unpaired) electrons. The highest BCUT2D eigenvalue weighted by Gasteiger charge is 2.16. The molecule has 2 rings (SSSR count). The molecule has 0 aromatic heterocycles. The van der Waals surface area contributed by atoms with Gasteiger partial charge in [-0.25, -0.2) is 0 Å². The number of nitrogens with zero attached hydrogens (tertiary/aromatic N) is 2. The lowest BCUT2D eigenvalue weighted by atomic mass is 9.94. The van der Waals surface area contributed by atoms with E-state index in [0.717, 1.165) is 42.7 Å². The number of nitrogens with one attached hydrogen (secondary N) is 2. The Morgan fingerprint density at radius 2 is 1.89 bits per heavy atom. The molecule has 1 aliphatic rings. The molecule has 1 saturated heterocycles. The van der Waals surface area contributed by atoms with Crippen LogP contribution in [0.5, 0.6) is 5.75 Å². The number of aliphatic hydroxyl groups excluding tert-OH is 1. The van der Waals surface area contributed by atoms with Crippen molar-refractivity contribution >= 4 is 5.96 Å². The first-order valence-corrected chi connectivity index (χ1v) is 10.6. The SMILES string of the molecule is CCNC(=NCC(O)c1ccc(OC(C)C)cc1)NCCC1CCN(C)CC1. The van der Waals surface area contributed by atoms with Gasteiger partial charge in [-0.3, -0.25) is 4.99 Å². The first-order chi connectivity index (χ1) is 13.5. The van der Waals surface area contributed by atoms with E-state index in [1.165, 1.54) is 25.9 Å². The molecule has 0 saturated carbocycles. The maximum absolute atomic E-state index is 10.5. The second kappa shape index (κ2) is 11.9. The van der Waals surface area contributed by atoms with Crippen LogP contribution in [0, 0.1) is 5.92 Å².